The van der Waals surface area contributed by atoms with Crippen LogP contribution in [0.15, 0.2) is 48.5 Å². The predicted molar refractivity (Wildman–Crippen MR) is 122 cm³/mol. The Morgan fingerprint density at radius 2 is 1.90 bits per heavy atom. The van der Waals surface area contributed by atoms with Crippen LogP contribution in [0.5, 0.6) is 5.75 Å². The normalized spacial score (nSPS) is 19.7. The fourth-order valence-electron chi connectivity index (χ4n) is 4.13. The fourth-order valence-corrected chi connectivity index (χ4v) is 5.14. The van der Waals surface area contributed by atoms with Gasteiger partial charge in [0.05, 0.1) is 22.9 Å². The van der Waals surface area contributed by atoms with Crippen LogP contribution in [-0.4, -0.2) is 66.2 Å². The van der Waals surface area contributed by atoms with Crippen LogP contribution < -0.4 is 4.74 Å². The second kappa shape index (κ2) is 9.34. The van der Waals surface area contributed by atoms with Gasteiger partial charge >= 0.3 is 0 Å². The molecule has 2 aliphatic heterocycles. The van der Waals surface area contributed by atoms with E-state index in [4.69, 9.17) is 14.5 Å². The van der Waals surface area contributed by atoms with E-state index in [0.29, 0.717) is 12.2 Å². The minimum atomic E-state index is 0.0883. The van der Waals surface area contributed by atoms with Gasteiger partial charge in [-0.1, -0.05) is 12.1 Å². The average Bonchev–Trinajstić information content (AvgIpc) is 3.47. The molecule has 0 spiro atoms. The fraction of sp³-hybridized carbons (Fsp3) is 0.417. The minimum Gasteiger partial charge on any atom is -0.491 e. The lowest BCUT2D eigenvalue weighted by molar-refractivity contribution is 0.0627. The monoisotopic (exact) mass is 437 g/mol. The molecule has 0 N–H and O–H groups in total. The van der Waals surface area contributed by atoms with Crippen molar-refractivity contribution in [3.63, 3.8) is 0 Å². The van der Waals surface area contributed by atoms with E-state index in [0.717, 1.165) is 68.4 Å². The van der Waals surface area contributed by atoms with Crippen LogP contribution in [0, 0.1) is 0 Å². The molecular weight excluding hydrogens is 410 g/mol. The first-order valence-corrected chi connectivity index (χ1v) is 11.8. The Hall–Kier alpha value is -2.48. The molecule has 3 heterocycles. The lowest BCUT2D eigenvalue weighted by Gasteiger charge is -2.34. The van der Waals surface area contributed by atoms with Gasteiger partial charge in [-0.25, -0.2) is 4.98 Å². The minimum absolute atomic E-state index is 0.0883. The van der Waals surface area contributed by atoms with Gasteiger partial charge in [0.1, 0.15) is 17.4 Å². The van der Waals surface area contributed by atoms with Gasteiger partial charge in [-0.3, -0.25) is 9.69 Å². The second-order valence-corrected chi connectivity index (χ2v) is 9.23. The average molecular weight is 438 g/mol. The van der Waals surface area contributed by atoms with Crippen LogP contribution in [0.2, 0.25) is 0 Å². The van der Waals surface area contributed by atoms with Gasteiger partial charge in [-0.05, 0) is 49.2 Å². The Balaban J connectivity index is 1.11. The van der Waals surface area contributed by atoms with Crippen LogP contribution >= 0.6 is 11.3 Å². The molecular formula is C24H27N3O3S. The Bertz CT molecular complexity index is 989. The van der Waals surface area contributed by atoms with Crippen LogP contribution in [0.25, 0.3) is 10.2 Å². The van der Waals surface area contributed by atoms with E-state index in [1.54, 1.807) is 11.3 Å². The van der Waals surface area contributed by atoms with Crippen molar-refractivity contribution in [1.82, 2.24) is 14.8 Å². The number of rotatable bonds is 6. The predicted octanol–water partition coefficient (Wildman–Crippen LogP) is 3.81. The summed E-state index contributed by atoms with van der Waals surface area (Å²) >= 11 is 1.76. The number of ether oxygens (including phenoxy) is 2. The maximum Gasteiger partial charge on any atom is 0.253 e. The molecule has 2 aliphatic rings. The van der Waals surface area contributed by atoms with Gasteiger partial charge in [0.2, 0.25) is 0 Å². The number of piperazine rings is 1. The van der Waals surface area contributed by atoms with Crippen LogP contribution in [0.4, 0.5) is 0 Å². The summed E-state index contributed by atoms with van der Waals surface area (Å²) in [6, 6.07) is 15.7. The first-order valence-electron chi connectivity index (χ1n) is 11.0. The van der Waals surface area contributed by atoms with E-state index in [2.05, 4.69) is 23.1 Å². The number of thiazole rings is 1. The molecule has 3 aromatic rings. The highest BCUT2D eigenvalue weighted by Gasteiger charge is 2.23. The number of carbonyl (C=O) groups excluding carboxylic acids is 1. The largest absolute Gasteiger partial charge is 0.491 e. The zero-order valence-corrected chi connectivity index (χ0v) is 18.4. The van der Waals surface area contributed by atoms with E-state index in [1.807, 2.05) is 35.2 Å². The van der Waals surface area contributed by atoms with E-state index >= 15 is 0 Å². The summed E-state index contributed by atoms with van der Waals surface area (Å²) in [6.07, 6.45) is 2.36. The molecule has 1 aromatic heterocycles. The molecule has 5 rings (SSSR count). The third-order valence-corrected chi connectivity index (χ3v) is 6.94. The molecule has 7 heteroatoms. The van der Waals surface area contributed by atoms with Crippen molar-refractivity contribution in [2.24, 2.45) is 0 Å². The third-order valence-electron chi connectivity index (χ3n) is 5.92. The first kappa shape index (κ1) is 20.4. The lowest BCUT2D eigenvalue weighted by Crippen LogP contribution is -2.48. The smallest absolute Gasteiger partial charge is 0.253 e. The number of para-hydroxylation sites is 1. The first-order chi connectivity index (χ1) is 15.2. The van der Waals surface area contributed by atoms with Crippen molar-refractivity contribution in [3.8, 4) is 5.75 Å². The summed E-state index contributed by atoms with van der Waals surface area (Å²) in [5, 5.41) is 1.14. The maximum absolute atomic E-state index is 12.9. The topological polar surface area (TPSA) is 54.9 Å². The van der Waals surface area contributed by atoms with Gasteiger partial charge in [-0.15, -0.1) is 11.3 Å². The Morgan fingerprint density at radius 1 is 1.10 bits per heavy atom. The molecule has 1 unspecified atom stereocenters. The summed E-state index contributed by atoms with van der Waals surface area (Å²) < 4.78 is 12.6. The van der Waals surface area contributed by atoms with Crippen LogP contribution in [-0.2, 0) is 11.3 Å². The van der Waals surface area contributed by atoms with Crippen LogP contribution in [0.1, 0.15) is 28.2 Å². The number of aromatic nitrogens is 1. The van der Waals surface area contributed by atoms with E-state index < -0.39 is 0 Å². The van der Waals surface area contributed by atoms with Crippen molar-refractivity contribution < 1.29 is 14.3 Å². The molecule has 2 fully saturated rings. The number of fused-ring (bicyclic) bond motifs is 1. The summed E-state index contributed by atoms with van der Waals surface area (Å²) in [7, 11) is 0. The highest BCUT2D eigenvalue weighted by atomic mass is 32.1. The third kappa shape index (κ3) is 4.89. The van der Waals surface area contributed by atoms with Gasteiger partial charge in [0.15, 0.2) is 0 Å². The number of amides is 1. The van der Waals surface area contributed by atoms with E-state index in [-0.39, 0.29) is 12.0 Å². The SMILES string of the molecule is O=C(c1ccc(OCC2CCCO2)cc1)N1CCN(Cc2nc3ccccc3s2)CC1. The van der Waals surface area contributed by atoms with Crippen molar-refractivity contribution in [2.45, 2.75) is 25.5 Å². The molecule has 2 aromatic carbocycles. The van der Waals surface area contributed by atoms with Gasteiger partial charge in [0, 0.05) is 38.3 Å². The number of hydrogen-bond donors (Lipinski definition) is 0. The zero-order valence-electron chi connectivity index (χ0n) is 17.5. The molecule has 6 nitrogen and oxygen atoms in total. The number of carbonyl (C=O) groups is 1. The van der Waals surface area contributed by atoms with Crippen molar-refractivity contribution in [3.05, 3.63) is 59.1 Å². The Kier molecular flexibility index (Phi) is 6.15. The molecule has 0 radical (unpaired) electrons. The van der Waals surface area contributed by atoms with Gasteiger partial charge in [0.25, 0.3) is 5.91 Å². The van der Waals surface area contributed by atoms with Gasteiger partial charge < -0.3 is 14.4 Å². The standard InChI is InChI=1S/C24H27N3O3S/c28-24(18-7-9-19(10-8-18)30-17-20-4-3-15-29-20)27-13-11-26(12-14-27)16-23-25-21-5-1-2-6-22(21)31-23/h1-2,5-10,20H,3-4,11-17H2. The lowest BCUT2D eigenvalue weighted by atomic mass is 10.1. The zero-order chi connectivity index (χ0) is 21.0. The molecule has 0 bridgehead atoms. The quantitative estimate of drug-likeness (QED) is 0.587. The Morgan fingerprint density at radius 3 is 2.65 bits per heavy atom. The van der Waals surface area contributed by atoms with Crippen LogP contribution in [0.3, 0.4) is 0 Å². The number of hydrogen-bond acceptors (Lipinski definition) is 6. The van der Waals surface area contributed by atoms with Crippen molar-refractivity contribution in [1.29, 1.82) is 0 Å². The number of nitrogens with zero attached hydrogens (tertiary/aromatic N) is 3. The number of benzene rings is 2. The Labute approximate surface area is 186 Å². The maximum atomic E-state index is 12.9. The molecule has 1 atom stereocenters. The highest BCUT2D eigenvalue weighted by Crippen LogP contribution is 2.23. The molecule has 0 saturated carbocycles. The second-order valence-electron chi connectivity index (χ2n) is 8.11. The highest BCUT2D eigenvalue weighted by molar-refractivity contribution is 7.18. The molecule has 0 aliphatic carbocycles. The van der Waals surface area contributed by atoms with Crippen molar-refractivity contribution >= 4 is 27.5 Å². The molecule has 31 heavy (non-hydrogen) atoms. The molecule has 1 amide bonds. The molecule has 2 saturated heterocycles. The summed E-state index contributed by atoms with van der Waals surface area (Å²) in [4.78, 5) is 22.0. The van der Waals surface area contributed by atoms with E-state index in [9.17, 15) is 4.79 Å². The van der Waals surface area contributed by atoms with E-state index in [1.165, 1.54) is 4.70 Å². The van der Waals surface area contributed by atoms with Crippen molar-refractivity contribution in [2.75, 3.05) is 39.4 Å². The summed E-state index contributed by atoms with van der Waals surface area (Å²) in [6.45, 7) is 5.45. The summed E-state index contributed by atoms with van der Waals surface area (Å²) in [5.41, 5.74) is 1.78. The summed E-state index contributed by atoms with van der Waals surface area (Å²) in [5.74, 6) is 0.873. The van der Waals surface area contributed by atoms with Gasteiger partial charge in [-0.2, -0.15) is 0 Å². The molecule has 162 valence electrons.